The normalized spacial score (nSPS) is 20.5. The molecule has 3 rings (SSSR count). The third-order valence-corrected chi connectivity index (χ3v) is 6.93. The number of thioether (sulfide) groups is 1. The van der Waals surface area contributed by atoms with Gasteiger partial charge in [-0.2, -0.15) is 0 Å². The SMILES string of the molecule is C=CC1=C(C(=O)O)N2C(=O)C(NC(=O)C(=NOCCCCCC)c3csc(N)n3)[C@@H]2SC1. The number of aliphatic carboxylic acids is 1. The minimum absolute atomic E-state index is 0.0821. The van der Waals surface area contributed by atoms with E-state index in [-0.39, 0.29) is 22.2 Å². The first-order valence-electron chi connectivity index (χ1n) is 10.1. The van der Waals surface area contributed by atoms with Gasteiger partial charge >= 0.3 is 5.97 Å². The zero-order valence-corrected chi connectivity index (χ0v) is 19.2. The smallest absolute Gasteiger partial charge is 0.352 e. The highest BCUT2D eigenvalue weighted by Crippen LogP contribution is 2.40. The van der Waals surface area contributed by atoms with Crippen LogP contribution in [0.5, 0.6) is 0 Å². The Morgan fingerprint density at radius 3 is 2.88 bits per heavy atom. The molecule has 1 aromatic rings. The van der Waals surface area contributed by atoms with E-state index in [4.69, 9.17) is 10.6 Å². The molecule has 2 atom stereocenters. The second-order valence-electron chi connectivity index (χ2n) is 7.15. The highest BCUT2D eigenvalue weighted by Gasteiger charge is 2.54. The molecule has 0 spiro atoms. The molecule has 1 saturated heterocycles. The number of fused-ring (bicyclic) bond motifs is 1. The number of nitrogen functional groups attached to an aromatic ring is 1. The van der Waals surface area contributed by atoms with Crippen LogP contribution in [0.2, 0.25) is 0 Å². The monoisotopic (exact) mass is 479 g/mol. The Hall–Kier alpha value is -2.86. The average Bonchev–Trinajstić information content (AvgIpc) is 3.21. The van der Waals surface area contributed by atoms with E-state index in [9.17, 15) is 19.5 Å². The van der Waals surface area contributed by atoms with Crippen molar-refractivity contribution in [2.75, 3.05) is 18.1 Å². The van der Waals surface area contributed by atoms with Crippen molar-refractivity contribution < 1.29 is 24.3 Å². The van der Waals surface area contributed by atoms with Gasteiger partial charge in [0.1, 0.15) is 29.4 Å². The maximum Gasteiger partial charge on any atom is 0.352 e. The Balaban J connectivity index is 1.71. The number of nitrogens with zero attached hydrogens (tertiary/aromatic N) is 3. The lowest BCUT2D eigenvalue weighted by molar-refractivity contribution is -0.150. The Labute approximate surface area is 193 Å². The average molecular weight is 480 g/mol. The molecule has 0 radical (unpaired) electrons. The molecule has 32 heavy (non-hydrogen) atoms. The maximum atomic E-state index is 13.0. The number of hydrogen-bond acceptors (Lipinski definition) is 9. The Kier molecular flexibility index (Phi) is 7.91. The summed E-state index contributed by atoms with van der Waals surface area (Å²) >= 11 is 2.51. The molecule has 3 heterocycles. The number of nitrogens with one attached hydrogen (secondary N) is 1. The molecular weight excluding hydrogens is 454 g/mol. The van der Waals surface area contributed by atoms with Crippen LogP contribution in [0.4, 0.5) is 5.13 Å². The van der Waals surface area contributed by atoms with Crippen molar-refractivity contribution in [1.82, 2.24) is 15.2 Å². The molecule has 0 bridgehead atoms. The minimum Gasteiger partial charge on any atom is -0.477 e. The van der Waals surface area contributed by atoms with Gasteiger partial charge in [-0.25, -0.2) is 9.78 Å². The van der Waals surface area contributed by atoms with Crippen molar-refractivity contribution in [3.8, 4) is 0 Å². The topological polar surface area (TPSA) is 147 Å². The van der Waals surface area contributed by atoms with E-state index in [1.165, 1.54) is 22.7 Å². The van der Waals surface area contributed by atoms with Gasteiger partial charge in [0.2, 0.25) is 0 Å². The van der Waals surface area contributed by atoms with E-state index >= 15 is 0 Å². The fraction of sp³-hybridized carbons (Fsp3) is 0.450. The van der Waals surface area contributed by atoms with Crippen LogP contribution in [-0.2, 0) is 19.2 Å². The van der Waals surface area contributed by atoms with Crippen LogP contribution in [0.15, 0.2) is 34.5 Å². The summed E-state index contributed by atoms with van der Waals surface area (Å²) in [4.78, 5) is 47.9. The molecule has 2 amide bonds. The third-order valence-electron chi connectivity index (χ3n) is 4.96. The van der Waals surface area contributed by atoms with Crippen molar-refractivity contribution in [2.24, 2.45) is 5.16 Å². The molecule has 0 saturated carbocycles. The van der Waals surface area contributed by atoms with E-state index in [2.05, 4.69) is 29.0 Å². The number of unbranched alkanes of at least 4 members (excludes halogenated alkanes) is 3. The molecule has 1 fully saturated rings. The molecule has 10 nitrogen and oxygen atoms in total. The van der Waals surface area contributed by atoms with Crippen molar-refractivity contribution >= 4 is 51.7 Å². The number of carbonyl (C=O) groups is 3. The highest BCUT2D eigenvalue weighted by atomic mass is 32.2. The highest BCUT2D eigenvalue weighted by molar-refractivity contribution is 8.00. The lowest BCUT2D eigenvalue weighted by atomic mass is 10.0. The number of hydrogen-bond donors (Lipinski definition) is 3. The summed E-state index contributed by atoms with van der Waals surface area (Å²) in [6, 6.07) is -0.890. The van der Waals surface area contributed by atoms with Crippen LogP contribution in [0.3, 0.4) is 0 Å². The van der Waals surface area contributed by atoms with Crippen molar-refractivity contribution in [2.45, 2.75) is 44.0 Å². The Bertz CT molecular complexity index is 973. The van der Waals surface area contributed by atoms with Gasteiger partial charge in [0, 0.05) is 11.1 Å². The predicted octanol–water partition coefficient (Wildman–Crippen LogP) is 1.95. The minimum atomic E-state index is -1.21. The predicted molar refractivity (Wildman–Crippen MR) is 123 cm³/mol. The van der Waals surface area contributed by atoms with Gasteiger partial charge < -0.3 is 21.0 Å². The number of rotatable bonds is 11. The molecule has 2 aliphatic heterocycles. The number of carbonyl (C=O) groups excluding carboxylic acids is 2. The summed E-state index contributed by atoms with van der Waals surface area (Å²) in [6.45, 7) is 6.07. The zero-order chi connectivity index (χ0) is 23.3. The Morgan fingerprint density at radius 1 is 1.47 bits per heavy atom. The first-order valence-corrected chi connectivity index (χ1v) is 12.1. The molecule has 12 heteroatoms. The molecule has 4 N–H and O–H groups in total. The van der Waals surface area contributed by atoms with Crippen molar-refractivity contribution in [1.29, 1.82) is 0 Å². The molecule has 172 valence electrons. The van der Waals surface area contributed by atoms with Gasteiger partial charge in [0.05, 0.1) is 0 Å². The summed E-state index contributed by atoms with van der Waals surface area (Å²) in [5, 5.41) is 17.4. The van der Waals surface area contributed by atoms with Gasteiger partial charge in [-0.15, -0.1) is 23.1 Å². The van der Waals surface area contributed by atoms with E-state index in [0.29, 0.717) is 17.9 Å². The zero-order valence-electron chi connectivity index (χ0n) is 17.6. The van der Waals surface area contributed by atoms with Crippen LogP contribution in [0, 0.1) is 0 Å². The lowest BCUT2D eigenvalue weighted by Gasteiger charge is -2.49. The summed E-state index contributed by atoms with van der Waals surface area (Å²) < 4.78 is 0. The fourth-order valence-electron chi connectivity index (χ4n) is 3.31. The van der Waals surface area contributed by atoms with Gasteiger partial charge in [-0.05, 0) is 18.4 Å². The van der Waals surface area contributed by atoms with Crippen LogP contribution in [0.1, 0.15) is 38.3 Å². The van der Waals surface area contributed by atoms with E-state index in [1.54, 1.807) is 5.38 Å². The van der Waals surface area contributed by atoms with Gasteiger partial charge in [-0.3, -0.25) is 14.5 Å². The molecule has 0 aromatic carbocycles. The maximum absolute atomic E-state index is 13.0. The molecule has 1 unspecified atom stereocenters. The summed E-state index contributed by atoms with van der Waals surface area (Å²) in [5.74, 6) is -1.99. The lowest BCUT2D eigenvalue weighted by Crippen LogP contribution is -2.71. The second-order valence-corrected chi connectivity index (χ2v) is 9.14. The first kappa shape index (κ1) is 23.8. The Morgan fingerprint density at radius 2 is 2.25 bits per heavy atom. The van der Waals surface area contributed by atoms with Gasteiger partial charge in [-0.1, -0.05) is 37.6 Å². The standard InChI is InChI=1S/C20H25N5O5S2/c1-3-5-6-7-8-30-24-13(12-10-32-20(21)22-12)16(26)23-14-17(27)25-15(19(28)29)11(4-2)9-31-18(14)25/h4,10,14,18H,2-3,5-9H2,1H3,(H2,21,22)(H,23,26)(H,28,29)/t14?,18-/m0/s1. The number of aromatic nitrogens is 1. The molecule has 0 aliphatic carbocycles. The number of anilines is 1. The number of carboxylic acids is 1. The number of amides is 2. The number of thiazole rings is 1. The summed E-state index contributed by atoms with van der Waals surface area (Å²) in [6.07, 6.45) is 5.41. The number of allylic oxidation sites excluding steroid dienone is 1. The van der Waals surface area contributed by atoms with Crippen LogP contribution in [0.25, 0.3) is 0 Å². The third kappa shape index (κ3) is 4.96. The van der Waals surface area contributed by atoms with E-state index < -0.39 is 29.2 Å². The summed E-state index contributed by atoms with van der Waals surface area (Å²) in [7, 11) is 0. The largest absolute Gasteiger partial charge is 0.477 e. The van der Waals surface area contributed by atoms with Crippen LogP contribution < -0.4 is 11.1 Å². The number of carboxylic acid groups (broad SMARTS) is 1. The van der Waals surface area contributed by atoms with Crippen LogP contribution in [-0.4, -0.2) is 62.3 Å². The fourth-order valence-corrected chi connectivity index (χ4v) is 5.20. The second kappa shape index (κ2) is 10.6. The summed E-state index contributed by atoms with van der Waals surface area (Å²) in [5.41, 5.74) is 6.22. The van der Waals surface area contributed by atoms with Crippen molar-refractivity contribution in [3.63, 3.8) is 0 Å². The molecule has 2 aliphatic rings. The molecule has 1 aromatic heterocycles. The first-order chi connectivity index (χ1) is 15.4. The number of β-lactam (4-membered cyclic amide) rings is 1. The van der Waals surface area contributed by atoms with Gasteiger partial charge in [0.25, 0.3) is 11.8 Å². The number of oxime groups is 1. The molecular formula is C20H25N5O5S2. The van der Waals surface area contributed by atoms with Gasteiger partial charge in [0.15, 0.2) is 10.8 Å². The quantitative estimate of drug-likeness (QED) is 0.189. The van der Waals surface area contributed by atoms with Crippen molar-refractivity contribution in [3.05, 3.63) is 35.0 Å². The van der Waals surface area contributed by atoms with E-state index in [0.717, 1.165) is 37.0 Å². The number of nitrogens with two attached hydrogens (primary N) is 1. The van der Waals surface area contributed by atoms with E-state index in [1.807, 2.05) is 0 Å². The van der Waals surface area contributed by atoms with Crippen LogP contribution >= 0.6 is 23.1 Å².